The summed E-state index contributed by atoms with van der Waals surface area (Å²) in [5, 5.41) is 14.3. The van der Waals surface area contributed by atoms with E-state index in [1.807, 2.05) is 14.0 Å². The van der Waals surface area contributed by atoms with E-state index < -0.39 is 5.60 Å². The Bertz CT molecular complexity index is 305. The monoisotopic (exact) mass is 198 g/mol. The maximum atomic E-state index is 10.2. The van der Waals surface area contributed by atoms with Crippen LogP contribution in [0.2, 0.25) is 0 Å². The van der Waals surface area contributed by atoms with Crippen molar-refractivity contribution in [3.63, 3.8) is 0 Å². The van der Waals surface area contributed by atoms with Gasteiger partial charge in [0, 0.05) is 7.05 Å². The maximum absolute atomic E-state index is 10.2. The number of aryl methyl sites for hydroxylation is 1. The minimum Gasteiger partial charge on any atom is -0.493 e. The van der Waals surface area contributed by atoms with Gasteiger partial charge in [0.25, 0.3) is 0 Å². The second-order valence-corrected chi connectivity index (χ2v) is 3.71. The lowest BCUT2D eigenvalue weighted by atomic mass is 9.96. The fourth-order valence-corrected chi connectivity index (χ4v) is 1.79. The van der Waals surface area contributed by atoms with Crippen molar-refractivity contribution in [3.8, 4) is 5.75 Å². The highest BCUT2D eigenvalue weighted by Gasteiger charge is 2.29. The predicted molar refractivity (Wildman–Crippen MR) is 54.2 cm³/mol. The van der Waals surface area contributed by atoms with Gasteiger partial charge in [0.15, 0.2) is 5.75 Å². The SMILES string of the molecule is CCCC(C)(O)c1c(OC)cnn1C. The molecule has 0 aliphatic heterocycles. The molecule has 1 aromatic rings. The molecular weight excluding hydrogens is 180 g/mol. The van der Waals surface area contributed by atoms with Gasteiger partial charge in [-0.2, -0.15) is 5.10 Å². The van der Waals surface area contributed by atoms with Gasteiger partial charge in [-0.3, -0.25) is 4.68 Å². The first-order valence-corrected chi connectivity index (χ1v) is 4.81. The number of aromatic nitrogens is 2. The van der Waals surface area contributed by atoms with Gasteiger partial charge in [0.2, 0.25) is 0 Å². The first-order chi connectivity index (χ1) is 6.53. The molecule has 1 aromatic heterocycles. The Balaban J connectivity index is 3.08. The third kappa shape index (κ3) is 1.90. The van der Waals surface area contributed by atoms with Crippen LogP contribution in [0.15, 0.2) is 6.20 Å². The molecule has 0 aliphatic rings. The van der Waals surface area contributed by atoms with Crippen LogP contribution in [-0.4, -0.2) is 22.0 Å². The van der Waals surface area contributed by atoms with Crippen LogP contribution in [0.4, 0.5) is 0 Å². The summed E-state index contributed by atoms with van der Waals surface area (Å²) in [5.74, 6) is 0.644. The third-order valence-corrected chi connectivity index (χ3v) is 2.37. The molecule has 0 fully saturated rings. The fraction of sp³-hybridized carbons (Fsp3) is 0.700. The van der Waals surface area contributed by atoms with Crippen LogP contribution < -0.4 is 4.74 Å². The van der Waals surface area contributed by atoms with Crippen LogP contribution in [0.1, 0.15) is 32.4 Å². The average molecular weight is 198 g/mol. The molecular formula is C10H18N2O2. The lowest BCUT2D eigenvalue weighted by Crippen LogP contribution is -2.25. The van der Waals surface area contributed by atoms with Crippen molar-refractivity contribution >= 4 is 0 Å². The Labute approximate surface area is 84.5 Å². The van der Waals surface area contributed by atoms with Crippen molar-refractivity contribution in [1.82, 2.24) is 9.78 Å². The highest BCUT2D eigenvalue weighted by atomic mass is 16.5. The van der Waals surface area contributed by atoms with E-state index >= 15 is 0 Å². The highest BCUT2D eigenvalue weighted by Crippen LogP contribution is 2.32. The lowest BCUT2D eigenvalue weighted by Gasteiger charge is -2.23. The van der Waals surface area contributed by atoms with Crippen LogP contribution in [-0.2, 0) is 12.6 Å². The van der Waals surface area contributed by atoms with E-state index in [2.05, 4.69) is 5.10 Å². The zero-order valence-electron chi connectivity index (χ0n) is 9.24. The van der Waals surface area contributed by atoms with Gasteiger partial charge in [0.05, 0.1) is 13.3 Å². The Morgan fingerprint density at radius 3 is 2.79 bits per heavy atom. The Hall–Kier alpha value is -1.03. The van der Waals surface area contributed by atoms with E-state index in [1.165, 1.54) is 0 Å². The molecule has 80 valence electrons. The standard InChI is InChI=1S/C10H18N2O2/c1-5-6-10(2,13)9-8(14-4)7-11-12(9)3/h7,13H,5-6H2,1-4H3. The van der Waals surface area contributed by atoms with E-state index in [9.17, 15) is 5.11 Å². The van der Waals surface area contributed by atoms with E-state index in [4.69, 9.17) is 4.74 Å². The van der Waals surface area contributed by atoms with Gasteiger partial charge < -0.3 is 9.84 Å². The van der Waals surface area contributed by atoms with E-state index in [0.29, 0.717) is 12.2 Å². The molecule has 0 spiro atoms. The second kappa shape index (κ2) is 4.00. The van der Waals surface area contributed by atoms with E-state index in [1.54, 1.807) is 24.9 Å². The summed E-state index contributed by atoms with van der Waals surface area (Å²) in [6.07, 6.45) is 3.24. The molecule has 1 atom stereocenters. The van der Waals surface area contributed by atoms with Crippen molar-refractivity contribution < 1.29 is 9.84 Å². The van der Waals surface area contributed by atoms with Gasteiger partial charge >= 0.3 is 0 Å². The summed E-state index contributed by atoms with van der Waals surface area (Å²) in [7, 11) is 3.39. The first kappa shape index (κ1) is 11.0. The Kier molecular flexibility index (Phi) is 3.16. The van der Waals surface area contributed by atoms with Crippen LogP contribution >= 0.6 is 0 Å². The molecule has 1 N–H and O–H groups in total. The maximum Gasteiger partial charge on any atom is 0.162 e. The normalized spacial score (nSPS) is 15.2. The van der Waals surface area contributed by atoms with Gasteiger partial charge in [-0.15, -0.1) is 0 Å². The smallest absolute Gasteiger partial charge is 0.162 e. The largest absolute Gasteiger partial charge is 0.493 e. The van der Waals surface area contributed by atoms with Crippen LogP contribution in [0.3, 0.4) is 0 Å². The van der Waals surface area contributed by atoms with Crippen LogP contribution in [0.5, 0.6) is 5.75 Å². The topological polar surface area (TPSA) is 47.3 Å². The molecule has 1 heterocycles. The highest BCUT2D eigenvalue weighted by molar-refractivity contribution is 5.29. The molecule has 1 rings (SSSR count). The zero-order chi connectivity index (χ0) is 10.8. The number of hydrogen-bond donors (Lipinski definition) is 1. The van der Waals surface area contributed by atoms with Crippen molar-refractivity contribution in [1.29, 1.82) is 0 Å². The van der Waals surface area contributed by atoms with Crippen molar-refractivity contribution in [2.24, 2.45) is 7.05 Å². The van der Waals surface area contributed by atoms with Crippen molar-refractivity contribution in [3.05, 3.63) is 11.9 Å². The predicted octanol–water partition coefficient (Wildman–Crippen LogP) is 1.44. The minimum atomic E-state index is -0.870. The molecule has 0 aromatic carbocycles. The van der Waals surface area contributed by atoms with Crippen LogP contribution in [0, 0.1) is 0 Å². The first-order valence-electron chi connectivity index (χ1n) is 4.81. The molecule has 0 bridgehead atoms. The average Bonchev–Trinajstić information content (AvgIpc) is 2.47. The minimum absolute atomic E-state index is 0.644. The molecule has 0 saturated carbocycles. The zero-order valence-corrected chi connectivity index (χ0v) is 9.24. The number of ether oxygens (including phenoxy) is 1. The fourth-order valence-electron chi connectivity index (χ4n) is 1.79. The number of rotatable bonds is 4. The Morgan fingerprint density at radius 1 is 1.64 bits per heavy atom. The second-order valence-electron chi connectivity index (χ2n) is 3.71. The Morgan fingerprint density at radius 2 is 2.29 bits per heavy atom. The summed E-state index contributed by atoms with van der Waals surface area (Å²) in [6.45, 7) is 3.83. The number of nitrogens with zero attached hydrogens (tertiary/aromatic N) is 2. The number of methoxy groups -OCH3 is 1. The number of hydrogen-bond acceptors (Lipinski definition) is 3. The molecule has 0 amide bonds. The van der Waals surface area contributed by atoms with Gasteiger partial charge in [-0.1, -0.05) is 13.3 Å². The summed E-state index contributed by atoms with van der Waals surface area (Å²) < 4.78 is 6.82. The number of aliphatic hydroxyl groups is 1. The van der Waals surface area contributed by atoms with E-state index in [-0.39, 0.29) is 0 Å². The quantitative estimate of drug-likeness (QED) is 0.796. The molecule has 0 aliphatic carbocycles. The molecule has 0 radical (unpaired) electrons. The summed E-state index contributed by atoms with van der Waals surface area (Å²) in [4.78, 5) is 0. The molecule has 14 heavy (non-hydrogen) atoms. The third-order valence-electron chi connectivity index (χ3n) is 2.37. The van der Waals surface area contributed by atoms with Crippen molar-refractivity contribution in [2.45, 2.75) is 32.3 Å². The summed E-state index contributed by atoms with van der Waals surface area (Å²) in [6, 6.07) is 0. The van der Waals surface area contributed by atoms with Gasteiger partial charge in [-0.25, -0.2) is 0 Å². The molecule has 4 heteroatoms. The molecule has 0 saturated heterocycles. The van der Waals surface area contributed by atoms with Gasteiger partial charge in [0.1, 0.15) is 11.3 Å². The summed E-state index contributed by atoms with van der Waals surface area (Å²) in [5.41, 5.74) is -0.132. The van der Waals surface area contributed by atoms with Crippen LogP contribution in [0.25, 0.3) is 0 Å². The van der Waals surface area contributed by atoms with E-state index in [0.717, 1.165) is 12.1 Å². The van der Waals surface area contributed by atoms with Gasteiger partial charge in [-0.05, 0) is 13.3 Å². The summed E-state index contributed by atoms with van der Waals surface area (Å²) >= 11 is 0. The van der Waals surface area contributed by atoms with Crippen molar-refractivity contribution in [2.75, 3.05) is 7.11 Å². The molecule has 4 nitrogen and oxygen atoms in total. The molecule has 1 unspecified atom stereocenters. The lowest BCUT2D eigenvalue weighted by molar-refractivity contribution is 0.0361.